The molecule has 0 spiro atoms. The van der Waals surface area contributed by atoms with Gasteiger partial charge in [-0.2, -0.15) is 0 Å². The molecule has 0 saturated heterocycles. The van der Waals surface area contributed by atoms with Crippen molar-refractivity contribution in [2.24, 2.45) is 0 Å². The molecule has 0 radical (unpaired) electrons. The third-order valence-electron chi connectivity index (χ3n) is 4.45. The Hall–Kier alpha value is -2.70. The minimum Gasteiger partial charge on any atom is -0.487 e. The van der Waals surface area contributed by atoms with Crippen LogP contribution in [-0.2, 0) is 9.53 Å². The van der Waals surface area contributed by atoms with Crippen LogP contribution in [0.1, 0.15) is 18.5 Å². The van der Waals surface area contributed by atoms with Crippen molar-refractivity contribution in [3.05, 3.63) is 75.4 Å². The van der Waals surface area contributed by atoms with Crippen LogP contribution < -0.4 is 10.1 Å². The van der Waals surface area contributed by atoms with Crippen LogP contribution in [0.3, 0.4) is 0 Å². The van der Waals surface area contributed by atoms with E-state index >= 15 is 0 Å². The molecule has 0 aromatic heterocycles. The van der Waals surface area contributed by atoms with Gasteiger partial charge in [-0.15, -0.1) is 0 Å². The van der Waals surface area contributed by atoms with Crippen molar-refractivity contribution in [1.82, 2.24) is 10.2 Å². The molecule has 1 heterocycles. The average Bonchev–Trinajstić information content (AvgIpc) is 2.69. The number of carbonyl (C=O) groups is 2. The summed E-state index contributed by atoms with van der Waals surface area (Å²) in [5, 5.41) is 3.92. The highest BCUT2D eigenvalue weighted by Crippen LogP contribution is 2.32. The first-order chi connectivity index (χ1) is 13.9. The summed E-state index contributed by atoms with van der Waals surface area (Å²) < 4.78 is 11.1. The molecule has 1 aliphatic heterocycles. The average molecular weight is 435 g/mol. The number of hydrogen-bond donors (Lipinski definition) is 1. The maximum atomic E-state index is 12.8. The smallest absolute Gasteiger partial charge is 0.338 e. The lowest BCUT2D eigenvalue weighted by molar-refractivity contribution is -0.139. The van der Waals surface area contributed by atoms with Gasteiger partial charge in [0.2, 0.25) is 0 Å². The number of esters is 1. The Morgan fingerprint density at radius 1 is 1.14 bits per heavy atom. The van der Waals surface area contributed by atoms with Crippen LogP contribution >= 0.6 is 23.2 Å². The summed E-state index contributed by atoms with van der Waals surface area (Å²) in [5.41, 5.74) is 1.42. The minimum atomic E-state index is -0.687. The van der Waals surface area contributed by atoms with Crippen LogP contribution in [0.25, 0.3) is 0 Å². The minimum absolute atomic E-state index is 0.0114. The quantitative estimate of drug-likeness (QED) is 0.675. The first-order valence-corrected chi connectivity index (χ1v) is 9.74. The van der Waals surface area contributed by atoms with Crippen molar-refractivity contribution in [3.63, 3.8) is 0 Å². The van der Waals surface area contributed by atoms with Gasteiger partial charge >= 0.3 is 12.0 Å². The first-order valence-electron chi connectivity index (χ1n) is 8.99. The second-order valence-corrected chi connectivity index (χ2v) is 7.19. The normalized spacial score (nSPS) is 16.5. The largest absolute Gasteiger partial charge is 0.487 e. The van der Waals surface area contributed by atoms with E-state index < -0.39 is 12.0 Å². The Balaban J connectivity index is 2.02. The van der Waals surface area contributed by atoms with Crippen molar-refractivity contribution >= 4 is 35.2 Å². The van der Waals surface area contributed by atoms with Gasteiger partial charge in [-0.25, -0.2) is 9.59 Å². The highest BCUT2D eigenvalue weighted by Gasteiger charge is 2.37. The lowest BCUT2D eigenvalue weighted by Gasteiger charge is -2.34. The molecule has 3 rings (SSSR count). The van der Waals surface area contributed by atoms with E-state index in [2.05, 4.69) is 5.32 Å². The molecule has 6 nitrogen and oxygen atoms in total. The number of benzene rings is 2. The van der Waals surface area contributed by atoms with Gasteiger partial charge in [-0.1, -0.05) is 41.4 Å². The SMILES string of the molecule is CCOC(=O)C1=C(COc2cccc(Cl)c2)N(C)C(=O)N[C@@H]1c1ccc(Cl)cc1. The fraction of sp³-hybridized carbons (Fsp3) is 0.238. The van der Waals surface area contributed by atoms with Gasteiger partial charge in [0, 0.05) is 17.1 Å². The molecule has 0 bridgehead atoms. The summed E-state index contributed by atoms with van der Waals surface area (Å²) in [7, 11) is 1.57. The van der Waals surface area contributed by atoms with Gasteiger partial charge < -0.3 is 14.8 Å². The molecule has 1 atom stereocenters. The number of nitrogens with one attached hydrogen (secondary N) is 1. The molecule has 0 saturated carbocycles. The van der Waals surface area contributed by atoms with Gasteiger partial charge in [0.05, 0.1) is 23.9 Å². The van der Waals surface area contributed by atoms with Gasteiger partial charge in [0.25, 0.3) is 0 Å². The summed E-state index contributed by atoms with van der Waals surface area (Å²) in [5.74, 6) is -0.000345. The van der Waals surface area contributed by atoms with E-state index in [4.69, 9.17) is 32.7 Å². The molecule has 2 aromatic carbocycles. The third-order valence-corrected chi connectivity index (χ3v) is 4.93. The second-order valence-electron chi connectivity index (χ2n) is 6.32. The number of rotatable bonds is 6. The topological polar surface area (TPSA) is 67.9 Å². The van der Waals surface area contributed by atoms with Gasteiger partial charge in [0.1, 0.15) is 12.4 Å². The molecule has 1 N–H and O–H groups in total. The number of hydrogen-bond acceptors (Lipinski definition) is 4. The van der Waals surface area contributed by atoms with Crippen molar-refractivity contribution in [2.45, 2.75) is 13.0 Å². The fourth-order valence-electron chi connectivity index (χ4n) is 3.00. The number of carbonyl (C=O) groups excluding carboxylic acids is 2. The molecule has 152 valence electrons. The molecular formula is C21H20Cl2N2O4. The van der Waals surface area contributed by atoms with Crippen molar-refractivity contribution in [1.29, 1.82) is 0 Å². The number of ether oxygens (including phenoxy) is 2. The number of urea groups is 1. The summed E-state index contributed by atoms with van der Waals surface area (Å²) >= 11 is 12.0. The zero-order valence-corrected chi connectivity index (χ0v) is 17.5. The Kier molecular flexibility index (Phi) is 6.67. The number of nitrogens with zero attached hydrogens (tertiary/aromatic N) is 1. The van der Waals surface area contributed by atoms with Crippen LogP contribution in [0.15, 0.2) is 59.8 Å². The Labute approximate surface area is 179 Å². The predicted octanol–water partition coefficient (Wildman–Crippen LogP) is 4.59. The van der Waals surface area contributed by atoms with Gasteiger partial charge in [0.15, 0.2) is 0 Å². The molecular weight excluding hydrogens is 415 g/mol. The summed E-state index contributed by atoms with van der Waals surface area (Å²) in [4.78, 5) is 26.7. The fourth-order valence-corrected chi connectivity index (χ4v) is 3.30. The van der Waals surface area contributed by atoms with E-state index in [1.54, 1.807) is 62.5 Å². The lowest BCUT2D eigenvalue weighted by Crippen LogP contribution is -2.48. The second kappa shape index (κ2) is 9.20. The standard InChI is InChI=1S/C21H20Cl2N2O4/c1-3-28-20(26)18-17(12-29-16-6-4-5-15(23)11-16)25(2)21(27)24-19(18)13-7-9-14(22)10-8-13/h4-11,19H,3,12H2,1-2H3,(H,24,27)/t19-/m1/s1. The first kappa shape index (κ1) is 21.0. The molecule has 0 aliphatic carbocycles. The van der Waals surface area contributed by atoms with Crippen molar-refractivity contribution < 1.29 is 19.1 Å². The maximum absolute atomic E-state index is 12.8. The Morgan fingerprint density at radius 3 is 2.52 bits per heavy atom. The molecule has 2 amide bonds. The summed E-state index contributed by atoms with van der Waals surface area (Å²) in [6.07, 6.45) is 0. The van der Waals surface area contributed by atoms with E-state index in [1.807, 2.05) is 0 Å². The summed E-state index contributed by atoms with van der Waals surface area (Å²) in [6, 6.07) is 12.8. The zero-order valence-electron chi connectivity index (χ0n) is 15.9. The van der Waals surface area contributed by atoms with E-state index in [9.17, 15) is 9.59 Å². The third kappa shape index (κ3) is 4.83. The monoisotopic (exact) mass is 434 g/mol. The van der Waals surface area contributed by atoms with Crippen LogP contribution in [0.2, 0.25) is 10.0 Å². The molecule has 29 heavy (non-hydrogen) atoms. The Bertz CT molecular complexity index is 944. The number of amides is 2. The predicted molar refractivity (Wildman–Crippen MR) is 111 cm³/mol. The molecule has 2 aromatic rings. The van der Waals surface area contributed by atoms with Crippen molar-refractivity contribution in [3.8, 4) is 5.75 Å². The van der Waals surface area contributed by atoms with Crippen LogP contribution in [0.4, 0.5) is 4.79 Å². The summed E-state index contributed by atoms with van der Waals surface area (Å²) in [6.45, 7) is 1.92. The van der Waals surface area contributed by atoms with Crippen LogP contribution in [0, 0.1) is 0 Å². The number of halogens is 2. The van der Waals surface area contributed by atoms with E-state index in [-0.39, 0.29) is 19.2 Å². The number of likely N-dealkylation sites (N-methyl/N-ethyl adjacent to an activating group) is 1. The van der Waals surface area contributed by atoms with E-state index in [0.717, 1.165) is 0 Å². The molecule has 0 unspecified atom stereocenters. The molecule has 1 aliphatic rings. The van der Waals surface area contributed by atoms with E-state index in [1.165, 1.54) is 4.90 Å². The molecule has 0 fully saturated rings. The lowest BCUT2D eigenvalue weighted by atomic mass is 9.95. The highest BCUT2D eigenvalue weighted by atomic mass is 35.5. The Morgan fingerprint density at radius 2 is 1.86 bits per heavy atom. The molecule has 8 heteroatoms. The van der Waals surface area contributed by atoms with Crippen molar-refractivity contribution in [2.75, 3.05) is 20.3 Å². The van der Waals surface area contributed by atoms with Gasteiger partial charge in [-0.05, 0) is 42.8 Å². The highest BCUT2D eigenvalue weighted by molar-refractivity contribution is 6.30. The maximum Gasteiger partial charge on any atom is 0.338 e. The van der Waals surface area contributed by atoms with Crippen LogP contribution in [0.5, 0.6) is 5.75 Å². The zero-order chi connectivity index (χ0) is 21.0. The van der Waals surface area contributed by atoms with E-state index in [0.29, 0.717) is 32.6 Å². The van der Waals surface area contributed by atoms with Crippen LogP contribution in [-0.4, -0.2) is 37.2 Å². The van der Waals surface area contributed by atoms with Gasteiger partial charge in [-0.3, -0.25) is 4.90 Å².